The van der Waals surface area contributed by atoms with Crippen molar-refractivity contribution in [1.82, 2.24) is 19.5 Å². The van der Waals surface area contributed by atoms with E-state index in [0.717, 1.165) is 65.6 Å². The van der Waals surface area contributed by atoms with Crippen molar-refractivity contribution in [3.63, 3.8) is 0 Å². The molecule has 0 spiro atoms. The number of rotatable bonds is 4. The summed E-state index contributed by atoms with van der Waals surface area (Å²) in [5, 5.41) is 6.61. The third-order valence-corrected chi connectivity index (χ3v) is 6.59. The van der Waals surface area contributed by atoms with Crippen LogP contribution in [0.15, 0.2) is 71.6 Å². The minimum Gasteiger partial charge on any atom is -0.381 e. The maximum Gasteiger partial charge on any atom is 0.162 e. The lowest BCUT2D eigenvalue weighted by Crippen LogP contribution is -2.22. The second kappa shape index (κ2) is 8.36. The summed E-state index contributed by atoms with van der Waals surface area (Å²) in [4.78, 5) is 9.80. The number of hydrogen-bond acceptors (Lipinski definition) is 5. The lowest BCUT2D eigenvalue weighted by Gasteiger charge is -2.24. The first-order chi connectivity index (χ1) is 15.5. The van der Waals surface area contributed by atoms with E-state index in [-0.39, 0.29) is 6.04 Å². The molecule has 4 heterocycles. The van der Waals surface area contributed by atoms with Gasteiger partial charge in [-0.15, -0.1) is 0 Å². The van der Waals surface area contributed by atoms with E-state index in [1.165, 1.54) is 5.56 Å². The van der Waals surface area contributed by atoms with Crippen molar-refractivity contribution in [3.8, 4) is 0 Å². The summed E-state index contributed by atoms with van der Waals surface area (Å²) in [5.41, 5.74) is 7.15. The van der Waals surface area contributed by atoms with Gasteiger partial charge in [0.15, 0.2) is 5.82 Å². The molecule has 1 aromatic carbocycles. The van der Waals surface area contributed by atoms with Crippen LogP contribution in [-0.2, 0) is 4.74 Å². The predicted molar refractivity (Wildman–Crippen MR) is 128 cm³/mol. The van der Waals surface area contributed by atoms with Gasteiger partial charge in [-0.05, 0) is 50.0 Å². The normalized spacial score (nSPS) is 18.6. The molecule has 6 nitrogen and oxygen atoms in total. The van der Waals surface area contributed by atoms with Gasteiger partial charge >= 0.3 is 0 Å². The highest BCUT2D eigenvalue weighted by Gasteiger charge is 2.25. The molecule has 2 aromatic heterocycles. The van der Waals surface area contributed by atoms with Crippen LogP contribution in [0.4, 0.5) is 0 Å². The van der Waals surface area contributed by atoms with E-state index < -0.39 is 0 Å². The maximum atomic E-state index is 5.56. The highest BCUT2D eigenvalue weighted by molar-refractivity contribution is 6.09. The molecule has 2 aliphatic heterocycles. The lowest BCUT2D eigenvalue weighted by molar-refractivity contribution is 0.0845. The third-order valence-electron chi connectivity index (χ3n) is 6.59. The van der Waals surface area contributed by atoms with Gasteiger partial charge in [-0.2, -0.15) is 5.10 Å². The smallest absolute Gasteiger partial charge is 0.162 e. The standard InChI is InChI=1S/C26H29N5O/c1-17-14-23(29-30(4)18(17)2)26-28-24-16-27-22(21-10-12-32-13-11-21)15-25(24)31(26)19(3)20-8-6-5-7-9-20/h5-9,14-16,19,21H,2,10-13H2,1,3-4H3/t19-/m0/s1. The van der Waals surface area contributed by atoms with Crippen LogP contribution in [-0.4, -0.2) is 45.5 Å². The van der Waals surface area contributed by atoms with E-state index in [1.54, 1.807) is 0 Å². The highest BCUT2D eigenvalue weighted by Crippen LogP contribution is 2.32. The van der Waals surface area contributed by atoms with Crippen LogP contribution in [0.5, 0.6) is 0 Å². The summed E-state index contributed by atoms with van der Waals surface area (Å²) in [6.07, 6.45) is 6.01. The van der Waals surface area contributed by atoms with Crippen LogP contribution in [0.25, 0.3) is 11.0 Å². The second-order valence-electron chi connectivity index (χ2n) is 8.66. The number of ether oxygens (including phenoxy) is 1. The zero-order valence-corrected chi connectivity index (χ0v) is 19.0. The fraction of sp³-hybridized carbons (Fsp3) is 0.346. The molecular formula is C26H29N5O. The number of hydrogen-bond donors (Lipinski definition) is 0. The summed E-state index contributed by atoms with van der Waals surface area (Å²) in [5.74, 6) is 1.27. The summed E-state index contributed by atoms with van der Waals surface area (Å²) in [7, 11) is 1.93. The number of benzene rings is 1. The quantitative estimate of drug-likeness (QED) is 0.585. The maximum absolute atomic E-state index is 5.56. The van der Waals surface area contributed by atoms with Crippen molar-refractivity contribution < 1.29 is 4.74 Å². The average molecular weight is 428 g/mol. The fourth-order valence-corrected chi connectivity index (χ4v) is 4.59. The van der Waals surface area contributed by atoms with E-state index in [0.29, 0.717) is 5.92 Å². The minimum absolute atomic E-state index is 0.0907. The summed E-state index contributed by atoms with van der Waals surface area (Å²) >= 11 is 0. The Morgan fingerprint density at radius 1 is 1.16 bits per heavy atom. The summed E-state index contributed by atoms with van der Waals surface area (Å²) < 4.78 is 7.87. The largest absolute Gasteiger partial charge is 0.381 e. The van der Waals surface area contributed by atoms with E-state index in [1.807, 2.05) is 24.3 Å². The van der Waals surface area contributed by atoms with Crippen molar-refractivity contribution >= 4 is 16.7 Å². The van der Waals surface area contributed by atoms with Crippen LogP contribution in [0.1, 0.15) is 55.7 Å². The van der Waals surface area contributed by atoms with Gasteiger partial charge in [0.1, 0.15) is 11.2 Å². The van der Waals surface area contributed by atoms with Crippen LogP contribution in [0, 0.1) is 0 Å². The summed E-state index contributed by atoms with van der Waals surface area (Å²) in [6, 6.07) is 12.9. The molecule has 1 saturated heterocycles. The van der Waals surface area contributed by atoms with Gasteiger partial charge in [0.25, 0.3) is 0 Å². The number of likely N-dealkylation sites (N-methyl/N-ethyl adjacent to an activating group) is 1. The Morgan fingerprint density at radius 2 is 1.91 bits per heavy atom. The molecule has 3 aromatic rings. The zero-order chi connectivity index (χ0) is 22.2. The van der Waals surface area contributed by atoms with Gasteiger partial charge in [0, 0.05) is 31.9 Å². The number of hydrazone groups is 1. The van der Waals surface area contributed by atoms with E-state index in [2.05, 4.69) is 61.4 Å². The fourth-order valence-electron chi connectivity index (χ4n) is 4.59. The molecule has 0 aliphatic carbocycles. The molecule has 2 aliphatic rings. The molecule has 0 unspecified atom stereocenters. The van der Waals surface area contributed by atoms with Crippen LogP contribution < -0.4 is 0 Å². The van der Waals surface area contributed by atoms with Crippen molar-refractivity contribution in [2.45, 2.75) is 38.6 Å². The van der Waals surface area contributed by atoms with Crippen molar-refractivity contribution in [1.29, 1.82) is 0 Å². The Kier molecular flexibility index (Phi) is 5.39. The van der Waals surface area contributed by atoms with Crippen LogP contribution in [0.2, 0.25) is 0 Å². The summed E-state index contributed by atoms with van der Waals surface area (Å²) in [6.45, 7) is 10.00. The van der Waals surface area contributed by atoms with E-state index in [4.69, 9.17) is 19.8 Å². The first kappa shape index (κ1) is 20.6. The molecule has 0 saturated carbocycles. The number of allylic oxidation sites excluding steroid dienone is 2. The van der Waals surface area contributed by atoms with Crippen molar-refractivity contribution in [3.05, 3.63) is 83.6 Å². The molecule has 0 N–H and O–H groups in total. The Balaban J connectivity index is 1.69. The molecule has 0 radical (unpaired) electrons. The van der Waals surface area contributed by atoms with Crippen LogP contribution >= 0.6 is 0 Å². The number of fused-ring (bicyclic) bond motifs is 1. The van der Waals surface area contributed by atoms with Gasteiger partial charge in [-0.1, -0.05) is 36.9 Å². The number of nitrogens with zero attached hydrogens (tertiary/aromatic N) is 5. The molecule has 0 amide bonds. The molecule has 6 heteroatoms. The molecule has 32 heavy (non-hydrogen) atoms. The highest BCUT2D eigenvalue weighted by atomic mass is 16.5. The van der Waals surface area contributed by atoms with Gasteiger partial charge in [-0.25, -0.2) is 4.98 Å². The van der Waals surface area contributed by atoms with Gasteiger partial charge in [0.05, 0.1) is 23.5 Å². The Hall–Kier alpha value is -3.25. The molecule has 0 bridgehead atoms. The monoisotopic (exact) mass is 427 g/mol. The molecular weight excluding hydrogens is 398 g/mol. The van der Waals surface area contributed by atoms with E-state index in [9.17, 15) is 0 Å². The van der Waals surface area contributed by atoms with Crippen molar-refractivity contribution in [2.24, 2.45) is 5.10 Å². The number of pyridine rings is 1. The number of aromatic nitrogens is 3. The second-order valence-corrected chi connectivity index (χ2v) is 8.66. The first-order valence-electron chi connectivity index (χ1n) is 11.2. The van der Waals surface area contributed by atoms with Crippen molar-refractivity contribution in [2.75, 3.05) is 20.3 Å². The zero-order valence-electron chi connectivity index (χ0n) is 19.0. The van der Waals surface area contributed by atoms with Gasteiger partial charge in [0.2, 0.25) is 0 Å². The first-order valence-corrected chi connectivity index (χ1v) is 11.2. The molecule has 1 atom stereocenters. The Morgan fingerprint density at radius 3 is 2.62 bits per heavy atom. The third kappa shape index (κ3) is 3.65. The SMILES string of the molecule is C=C1C(C)=CC(c2nc3cnc(C4CCOCC4)cc3n2[C@@H](C)c2ccccc2)=NN1C. The Bertz CT molecular complexity index is 1220. The average Bonchev–Trinajstić information content (AvgIpc) is 3.21. The molecule has 5 rings (SSSR count). The lowest BCUT2D eigenvalue weighted by atomic mass is 9.96. The minimum atomic E-state index is 0.0907. The van der Waals surface area contributed by atoms with Gasteiger partial charge < -0.3 is 9.30 Å². The molecule has 1 fully saturated rings. The van der Waals surface area contributed by atoms with Gasteiger partial charge in [-0.3, -0.25) is 9.99 Å². The Labute approximate surface area is 188 Å². The topological polar surface area (TPSA) is 55.5 Å². The molecule has 164 valence electrons. The van der Waals surface area contributed by atoms with Crippen LogP contribution in [0.3, 0.4) is 0 Å². The number of imidazole rings is 1. The van der Waals surface area contributed by atoms with E-state index >= 15 is 0 Å². The predicted octanol–water partition coefficient (Wildman–Crippen LogP) is 5.04.